The minimum absolute atomic E-state index is 0.798. The summed E-state index contributed by atoms with van der Waals surface area (Å²) >= 11 is 1.48. The lowest BCUT2D eigenvalue weighted by Crippen LogP contribution is -1.84. The third-order valence-corrected chi connectivity index (χ3v) is 2.46. The molecule has 0 aliphatic carbocycles. The maximum Gasteiger partial charge on any atom is 0.205 e. The summed E-state index contributed by atoms with van der Waals surface area (Å²) in [5.41, 5.74) is 0.939. The molecule has 0 amide bonds. The topological polar surface area (TPSA) is 63.6 Å². The van der Waals surface area contributed by atoms with Crippen LogP contribution in [0.1, 0.15) is 0 Å². The van der Waals surface area contributed by atoms with Crippen LogP contribution >= 0.6 is 11.3 Å². The van der Waals surface area contributed by atoms with Crippen LogP contribution in [0.4, 0.5) is 5.13 Å². The molecule has 0 radical (unpaired) electrons. The van der Waals surface area contributed by atoms with Crippen molar-refractivity contribution in [3.63, 3.8) is 0 Å². The van der Waals surface area contributed by atoms with Crippen molar-refractivity contribution in [2.24, 2.45) is 0 Å². The molecule has 0 bridgehead atoms. The largest absolute Gasteiger partial charge is 0.363 e. The monoisotopic (exact) mass is 193 g/mol. The molecule has 0 saturated carbocycles. The van der Waals surface area contributed by atoms with Crippen LogP contribution in [0.2, 0.25) is 0 Å². The highest BCUT2D eigenvalue weighted by molar-refractivity contribution is 7.18. The molecular formula is C7H7N5S. The van der Waals surface area contributed by atoms with Crippen molar-refractivity contribution in [2.75, 3.05) is 12.4 Å². The van der Waals surface area contributed by atoms with Crippen LogP contribution in [-0.2, 0) is 0 Å². The van der Waals surface area contributed by atoms with Gasteiger partial charge in [-0.15, -0.1) is 10.2 Å². The first-order chi connectivity index (χ1) is 6.40. The highest BCUT2D eigenvalue weighted by atomic mass is 32.1. The van der Waals surface area contributed by atoms with E-state index in [0.29, 0.717) is 0 Å². The van der Waals surface area contributed by atoms with Crippen LogP contribution in [0.5, 0.6) is 0 Å². The first kappa shape index (κ1) is 8.06. The zero-order valence-electron chi connectivity index (χ0n) is 6.93. The van der Waals surface area contributed by atoms with Gasteiger partial charge in [0.05, 0.1) is 12.4 Å². The van der Waals surface area contributed by atoms with E-state index in [1.54, 1.807) is 12.4 Å². The van der Waals surface area contributed by atoms with Gasteiger partial charge in [-0.05, 0) is 6.07 Å². The molecule has 6 heteroatoms. The Balaban J connectivity index is 2.36. The Hall–Kier alpha value is -1.56. The molecule has 0 unspecified atom stereocenters. The van der Waals surface area contributed by atoms with E-state index in [2.05, 4.69) is 25.7 Å². The van der Waals surface area contributed by atoms with Gasteiger partial charge in [-0.1, -0.05) is 11.3 Å². The normalized spacial score (nSPS) is 9.92. The molecule has 2 aromatic rings. The lowest BCUT2D eigenvalue weighted by molar-refractivity contribution is 1.03. The molecule has 0 saturated heterocycles. The molecule has 2 aromatic heterocycles. The van der Waals surface area contributed by atoms with E-state index in [-0.39, 0.29) is 0 Å². The molecule has 2 heterocycles. The molecule has 0 aliphatic heterocycles. The van der Waals surface area contributed by atoms with Gasteiger partial charge in [0, 0.05) is 12.6 Å². The fourth-order valence-corrected chi connectivity index (χ4v) is 1.55. The van der Waals surface area contributed by atoms with Crippen molar-refractivity contribution < 1.29 is 0 Å². The Morgan fingerprint density at radius 3 is 2.85 bits per heavy atom. The standard InChI is InChI=1S/C7H7N5S/c1-8-7-12-11-6(13-7)5-2-3-9-10-4-5/h2-4H,1H3,(H,8,12). The Morgan fingerprint density at radius 2 is 2.23 bits per heavy atom. The van der Waals surface area contributed by atoms with Gasteiger partial charge in [-0.25, -0.2) is 0 Å². The van der Waals surface area contributed by atoms with Gasteiger partial charge in [-0.3, -0.25) is 0 Å². The zero-order valence-corrected chi connectivity index (χ0v) is 7.75. The molecule has 0 aromatic carbocycles. The molecule has 66 valence electrons. The highest BCUT2D eigenvalue weighted by Crippen LogP contribution is 2.24. The summed E-state index contributed by atoms with van der Waals surface area (Å²) in [6.07, 6.45) is 3.30. The molecule has 5 nitrogen and oxygen atoms in total. The second-order valence-electron chi connectivity index (χ2n) is 2.29. The third kappa shape index (κ3) is 1.62. The number of hydrogen-bond acceptors (Lipinski definition) is 6. The van der Waals surface area contributed by atoms with E-state index in [1.165, 1.54) is 11.3 Å². The van der Waals surface area contributed by atoms with Crippen molar-refractivity contribution in [1.82, 2.24) is 20.4 Å². The minimum atomic E-state index is 0.798. The van der Waals surface area contributed by atoms with Gasteiger partial charge in [0.2, 0.25) is 5.13 Å². The predicted octanol–water partition coefficient (Wildman–Crippen LogP) is 1.04. The summed E-state index contributed by atoms with van der Waals surface area (Å²) in [7, 11) is 1.81. The van der Waals surface area contributed by atoms with Crippen LogP contribution in [0.15, 0.2) is 18.5 Å². The molecule has 1 N–H and O–H groups in total. The van der Waals surface area contributed by atoms with Crippen molar-refractivity contribution in [3.05, 3.63) is 18.5 Å². The summed E-state index contributed by atoms with van der Waals surface area (Å²) in [6, 6.07) is 1.85. The third-order valence-electron chi connectivity index (χ3n) is 1.47. The quantitative estimate of drug-likeness (QED) is 0.772. The van der Waals surface area contributed by atoms with Crippen LogP contribution in [0.3, 0.4) is 0 Å². The molecule has 0 fully saturated rings. The summed E-state index contributed by atoms with van der Waals surface area (Å²) in [4.78, 5) is 0. The molecule has 0 spiro atoms. The molecular weight excluding hydrogens is 186 g/mol. The number of anilines is 1. The summed E-state index contributed by atoms with van der Waals surface area (Å²) in [6.45, 7) is 0. The van der Waals surface area contributed by atoms with E-state index in [9.17, 15) is 0 Å². The van der Waals surface area contributed by atoms with Gasteiger partial charge >= 0.3 is 0 Å². The highest BCUT2D eigenvalue weighted by Gasteiger charge is 2.04. The first-order valence-electron chi connectivity index (χ1n) is 3.68. The van der Waals surface area contributed by atoms with Gasteiger partial charge < -0.3 is 5.32 Å². The Morgan fingerprint density at radius 1 is 1.31 bits per heavy atom. The van der Waals surface area contributed by atoms with E-state index >= 15 is 0 Å². The predicted molar refractivity (Wildman–Crippen MR) is 50.5 cm³/mol. The Labute approximate surface area is 78.9 Å². The van der Waals surface area contributed by atoms with Crippen LogP contribution in [0.25, 0.3) is 10.6 Å². The fraction of sp³-hybridized carbons (Fsp3) is 0.143. The van der Waals surface area contributed by atoms with Crippen molar-refractivity contribution in [2.45, 2.75) is 0 Å². The second kappa shape index (κ2) is 3.44. The van der Waals surface area contributed by atoms with Gasteiger partial charge in [-0.2, -0.15) is 10.2 Å². The number of aromatic nitrogens is 4. The summed E-state index contributed by atoms with van der Waals surface area (Å²) in [5, 5.41) is 19.9. The maximum absolute atomic E-state index is 4.00. The van der Waals surface area contributed by atoms with Crippen LogP contribution in [0, 0.1) is 0 Å². The smallest absolute Gasteiger partial charge is 0.205 e. The average molecular weight is 193 g/mol. The van der Waals surface area contributed by atoms with Crippen LogP contribution in [-0.4, -0.2) is 27.4 Å². The van der Waals surface area contributed by atoms with E-state index in [4.69, 9.17) is 0 Å². The zero-order chi connectivity index (χ0) is 9.10. The second-order valence-corrected chi connectivity index (χ2v) is 3.27. The molecule has 13 heavy (non-hydrogen) atoms. The molecule has 2 rings (SSSR count). The molecule has 0 atom stereocenters. The van der Waals surface area contributed by atoms with Crippen molar-refractivity contribution in [3.8, 4) is 10.6 Å². The number of rotatable bonds is 2. The SMILES string of the molecule is CNc1nnc(-c2ccnnc2)s1. The minimum Gasteiger partial charge on any atom is -0.363 e. The lowest BCUT2D eigenvalue weighted by atomic mass is 10.3. The summed E-state index contributed by atoms with van der Waals surface area (Å²) in [5.74, 6) is 0. The maximum atomic E-state index is 4.00. The Kier molecular flexibility index (Phi) is 2.13. The number of nitrogens with one attached hydrogen (secondary N) is 1. The summed E-state index contributed by atoms with van der Waals surface area (Å²) < 4.78 is 0. The number of hydrogen-bond donors (Lipinski definition) is 1. The average Bonchev–Trinajstić information content (AvgIpc) is 2.67. The van der Waals surface area contributed by atoms with Gasteiger partial charge in [0.25, 0.3) is 0 Å². The van der Waals surface area contributed by atoms with Crippen molar-refractivity contribution in [1.29, 1.82) is 0 Å². The number of nitrogens with zero attached hydrogens (tertiary/aromatic N) is 4. The fourth-order valence-electron chi connectivity index (χ4n) is 0.858. The van der Waals surface area contributed by atoms with Crippen molar-refractivity contribution >= 4 is 16.5 Å². The van der Waals surface area contributed by atoms with Crippen LogP contribution < -0.4 is 5.32 Å². The molecule has 0 aliphatic rings. The van der Waals surface area contributed by atoms with E-state index in [0.717, 1.165) is 15.7 Å². The van der Waals surface area contributed by atoms with E-state index in [1.807, 2.05) is 13.1 Å². The van der Waals surface area contributed by atoms with Gasteiger partial charge in [0.1, 0.15) is 0 Å². The lowest BCUT2D eigenvalue weighted by Gasteiger charge is -1.89. The van der Waals surface area contributed by atoms with E-state index < -0.39 is 0 Å². The Bertz CT molecular complexity index is 385. The first-order valence-corrected chi connectivity index (χ1v) is 4.50. The van der Waals surface area contributed by atoms with Gasteiger partial charge in [0.15, 0.2) is 5.01 Å².